The minimum absolute atomic E-state index is 0.0433. The van der Waals surface area contributed by atoms with Gasteiger partial charge in [-0.2, -0.15) is 0 Å². The molecule has 1 fully saturated rings. The summed E-state index contributed by atoms with van der Waals surface area (Å²) >= 11 is 0. The van der Waals surface area contributed by atoms with Gasteiger partial charge in [0.15, 0.2) is 0 Å². The van der Waals surface area contributed by atoms with Crippen molar-refractivity contribution >= 4 is 11.8 Å². The molecule has 1 atom stereocenters. The fourth-order valence-corrected chi connectivity index (χ4v) is 3.20. The lowest BCUT2D eigenvalue weighted by atomic mass is 10.1. The van der Waals surface area contributed by atoms with Gasteiger partial charge < -0.3 is 15.0 Å². The molecule has 1 N–H and O–H groups in total. The molecular weight excluding hydrogens is 342 g/mol. The molecule has 1 aliphatic rings. The average molecular weight is 376 g/mol. The molecule has 2 rings (SSSR count). The van der Waals surface area contributed by atoms with Gasteiger partial charge in [-0.3, -0.25) is 14.5 Å². The topological polar surface area (TPSA) is 61.9 Å². The van der Waals surface area contributed by atoms with Gasteiger partial charge in [0.05, 0.1) is 13.2 Å². The van der Waals surface area contributed by atoms with Crippen LogP contribution in [0.25, 0.3) is 0 Å². The first-order chi connectivity index (χ1) is 12.7. The maximum Gasteiger partial charge on any atom is 0.237 e. The average Bonchev–Trinajstić information content (AvgIpc) is 2.64. The van der Waals surface area contributed by atoms with Crippen molar-refractivity contribution in [2.24, 2.45) is 0 Å². The highest BCUT2D eigenvalue weighted by Gasteiger charge is 2.28. The highest BCUT2D eigenvalue weighted by atomic mass is 16.5. The number of hydrogen-bond acceptors (Lipinski definition) is 4. The number of nitrogens with zero attached hydrogens (tertiary/aromatic N) is 2. The summed E-state index contributed by atoms with van der Waals surface area (Å²) in [7, 11) is 1.64. The molecule has 0 aliphatic carbocycles. The normalized spacial score (nSPS) is 16.7. The Morgan fingerprint density at radius 2 is 1.70 bits per heavy atom. The highest BCUT2D eigenvalue weighted by Crippen LogP contribution is 2.14. The van der Waals surface area contributed by atoms with Gasteiger partial charge in [-0.05, 0) is 51.8 Å². The van der Waals surface area contributed by atoms with E-state index in [0.29, 0.717) is 19.5 Å². The first-order valence-electron chi connectivity index (χ1n) is 9.66. The van der Waals surface area contributed by atoms with Gasteiger partial charge >= 0.3 is 0 Å². The number of carbonyl (C=O) groups is 2. The second-order valence-corrected chi connectivity index (χ2v) is 8.18. The number of nitrogens with one attached hydrogen (secondary N) is 1. The molecule has 150 valence electrons. The Hall–Kier alpha value is -2.08. The van der Waals surface area contributed by atoms with E-state index in [1.165, 1.54) is 0 Å². The van der Waals surface area contributed by atoms with Crippen molar-refractivity contribution in [1.82, 2.24) is 15.1 Å². The standard InChI is InChI=1S/C21H33N3O3/c1-16(20(26)22-21(2,3)4)23-12-14-24(15-13-23)19(25)11-8-17-6-9-18(27-5)10-7-17/h6-7,9-10,16H,8,11-15H2,1-5H3,(H,22,26)/t16-/m1/s1. The Balaban J connectivity index is 1.77. The summed E-state index contributed by atoms with van der Waals surface area (Å²) in [6, 6.07) is 7.66. The van der Waals surface area contributed by atoms with Gasteiger partial charge in [-0.25, -0.2) is 0 Å². The van der Waals surface area contributed by atoms with Crippen LogP contribution in [-0.2, 0) is 16.0 Å². The molecule has 1 saturated heterocycles. The quantitative estimate of drug-likeness (QED) is 0.827. The number of hydrogen-bond donors (Lipinski definition) is 1. The smallest absolute Gasteiger partial charge is 0.237 e. The first-order valence-corrected chi connectivity index (χ1v) is 9.66. The number of rotatable bonds is 6. The first kappa shape index (κ1) is 21.2. The van der Waals surface area contributed by atoms with Crippen LogP contribution in [0.3, 0.4) is 0 Å². The molecule has 0 saturated carbocycles. The summed E-state index contributed by atoms with van der Waals surface area (Å²) in [5, 5.41) is 3.03. The van der Waals surface area contributed by atoms with Crippen molar-refractivity contribution in [2.75, 3.05) is 33.3 Å². The molecule has 27 heavy (non-hydrogen) atoms. The second kappa shape index (κ2) is 9.22. The van der Waals surface area contributed by atoms with E-state index >= 15 is 0 Å². The zero-order chi connectivity index (χ0) is 20.0. The lowest BCUT2D eigenvalue weighted by Gasteiger charge is -2.38. The van der Waals surface area contributed by atoms with E-state index < -0.39 is 0 Å². The van der Waals surface area contributed by atoms with Crippen LogP contribution in [0.2, 0.25) is 0 Å². The Labute approximate surface area is 162 Å². The van der Waals surface area contributed by atoms with Crippen molar-refractivity contribution in [3.05, 3.63) is 29.8 Å². The maximum absolute atomic E-state index is 12.5. The third-order valence-corrected chi connectivity index (χ3v) is 4.88. The molecule has 1 heterocycles. The molecule has 0 bridgehead atoms. The Kier molecular flexibility index (Phi) is 7.25. The largest absolute Gasteiger partial charge is 0.497 e. The van der Waals surface area contributed by atoms with E-state index in [1.807, 2.05) is 56.9 Å². The minimum Gasteiger partial charge on any atom is -0.497 e. The van der Waals surface area contributed by atoms with Crippen LogP contribution in [0.15, 0.2) is 24.3 Å². The summed E-state index contributed by atoms with van der Waals surface area (Å²) in [6.07, 6.45) is 1.24. The summed E-state index contributed by atoms with van der Waals surface area (Å²) < 4.78 is 5.15. The Bertz CT molecular complexity index is 629. The predicted octanol–water partition coefficient (Wildman–Crippen LogP) is 2.08. The van der Waals surface area contributed by atoms with Crippen molar-refractivity contribution in [2.45, 2.75) is 52.1 Å². The lowest BCUT2D eigenvalue weighted by molar-refractivity contribution is -0.134. The number of carbonyl (C=O) groups excluding carboxylic acids is 2. The highest BCUT2D eigenvalue weighted by molar-refractivity contribution is 5.82. The summed E-state index contributed by atoms with van der Waals surface area (Å²) in [6.45, 7) is 10.7. The number of methoxy groups -OCH3 is 1. The molecule has 0 unspecified atom stereocenters. The van der Waals surface area contributed by atoms with Crippen molar-refractivity contribution < 1.29 is 14.3 Å². The molecule has 2 amide bonds. The van der Waals surface area contributed by atoms with E-state index in [1.54, 1.807) is 7.11 Å². The zero-order valence-electron chi connectivity index (χ0n) is 17.2. The van der Waals surface area contributed by atoms with Crippen molar-refractivity contribution in [3.8, 4) is 5.75 Å². The van der Waals surface area contributed by atoms with Gasteiger partial charge in [0.1, 0.15) is 5.75 Å². The SMILES string of the molecule is COc1ccc(CCC(=O)N2CCN([C@H](C)C(=O)NC(C)(C)C)CC2)cc1. The summed E-state index contributed by atoms with van der Waals surface area (Å²) in [4.78, 5) is 28.9. The molecule has 1 aromatic carbocycles. The molecule has 0 radical (unpaired) electrons. The van der Waals surface area contributed by atoms with Crippen molar-refractivity contribution in [1.29, 1.82) is 0 Å². The third-order valence-electron chi connectivity index (χ3n) is 4.88. The molecule has 1 aliphatic heterocycles. The summed E-state index contributed by atoms with van der Waals surface area (Å²) in [5.74, 6) is 1.05. The van der Waals surface area contributed by atoms with Crippen LogP contribution >= 0.6 is 0 Å². The van der Waals surface area contributed by atoms with Gasteiger partial charge in [-0.1, -0.05) is 12.1 Å². The van der Waals surface area contributed by atoms with Crippen LogP contribution < -0.4 is 10.1 Å². The van der Waals surface area contributed by atoms with Gasteiger partial charge in [0.25, 0.3) is 0 Å². The molecule has 0 aromatic heterocycles. The van der Waals surface area contributed by atoms with E-state index in [2.05, 4.69) is 10.2 Å². The van der Waals surface area contributed by atoms with Crippen LogP contribution in [0.1, 0.15) is 39.7 Å². The Morgan fingerprint density at radius 3 is 2.22 bits per heavy atom. The Morgan fingerprint density at radius 1 is 1.11 bits per heavy atom. The van der Waals surface area contributed by atoms with Gasteiger partial charge in [-0.15, -0.1) is 0 Å². The monoisotopic (exact) mass is 375 g/mol. The molecular formula is C21H33N3O3. The van der Waals surface area contributed by atoms with E-state index in [-0.39, 0.29) is 23.4 Å². The number of aryl methyl sites for hydroxylation is 1. The number of piperazine rings is 1. The lowest BCUT2D eigenvalue weighted by Crippen LogP contribution is -2.56. The number of benzene rings is 1. The maximum atomic E-state index is 12.5. The molecule has 6 heteroatoms. The predicted molar refractivity (Wildman–Crippen MR) is 107 cm³/mol. The third kappa shape index (κ3) is 6.54. The van der Waals surface area contributed by atoms with Crippen LogP contribution in [0.4, 0.5) is 0 Å². The van der Waals surface area contributed by atoms with E-state index in [9.17, 15) is 9.59 Å². The van der Waals surface area contributed by atoms with Crippen LogP contribution in [0.5, 0.6) is 5.75 Å². The van der Waals surface area contributed by atoms with Crippen molar-refractivity contribution in [3.63, 3.8) is 0 Å². The van der Waals surface area contributed by atoms with E-state index in [4.69, 9.17) is 4.74 Å². The van der Waals surface area contributed by atoms with E-state index in [0.717, 1.165) is 30.8 Å². The van der Waals surface area contributed by atoms with Gasteiger partial charge in [0, 0.05) is 38.1 Å². The fourth-order valence-electron chi connectivity index (χ4n) is 3.20. The summed E-state index contributed by atoms with van der Waals surface area (Å²) in [5.41, 5.74) is 0.903. The molecule has 6 nitrogen and oxygen atoms in total. The molecule has 1 aromatic rings. The minimum atomic E-state index is -0.232. The van der Waals surface area contributed by atoms with Gasteiger partial charge in [0.2, 0.25) is 11.8 Å². The zero-order valence-corrected chi connectivity index (χ0v) is 17.2. The number of ether oxygens (including phenoxy) is 1. The second-order valence-electron chi connectivity index (χ2n) is 8.18. The molecule has 0 spiro atoms. The fraction of sp³-hybridized carbons (Fsp3) is 0.619. The van der Waals surface area contributed by atoms with Crippen LogP contribution in [0, 0.1) is 0 Å². The number of amides is 2. The van der Waals surface area contributed by atoms with Crippen LogP contribution in [-0.4, -0.2) is 66.5 Å².